The van der Waals surface area contributed by atoms with Crippen LogP contribution in [0, 0.1) is 0 Å². The number of aryl methyl sites for hydroxylation is 1. The summed E-state index contributed by atoms with van der Waals surface area (Å²) in [5.41, 5.74) is 7.78. The quantitative estimate of drug-likeness (QED) is 0.459. The van der Waals surface area contributed by atoms with E-state index in [4.69, 9.17) is 10.5 Å². The predicted molar refractivity (Wildman–Crippen MR) is 135 cm³/mol. The molecule has 186 valence electrons. The largest absolute Gasteiger partial charge is 0.495 e. The van der Waals surface area contributed by atoms with Gasteiger partial charge in [-0.05, 0) is 36.2 Å². The van der Waals surface area contributed by atoms with Crippen molar-refractivity contribution in [3.63, 3.8) is 0 Å². The molecule has 0 unspecified atom stereocenters. The van der Waals surface area contributed by atoms with E-state index in [0.29, 0.717) is 60.8 Å². The first-order chi connectivity index (χ1) is 16.9. The van der Waals surface area contributed by atoms with Gasteiger partial charge in [-0.25, -0.2) is 8.42 Å². The second-order valence-electron chi connectivity index (χ2n) is 8.33. The number of piperazine rings is 1. The molecule has 0 saturated carbocycles. The van der Waals surface area contributed by atoms with Crippen LogP contribution < -0.4 is 15.8 Å². The highest BCUT2D eigenvalue weighted by Crippen LogP contribution is 2.26. The van der Waals surface area contributed by atoms with Gasteiger partial charge in [-0.1, -0.05) is 37.6 Å². The third kappa shape index (κ3) is 6.05. The summed E-state index contributed by atoms with van der Waals surface area (Å²) in [5, 5.41) is 3.13. The first kappa shape index (κ1) is 24.8. The van der Waals surface area contributed by atoms with Gasteiger partial charge in [0, 0.05) is 26.2 Å². The molecule has 1 aliphatic heterocycles. The lowest BCUT2D eigenvalue weighted by molar-refractivity contribution is 0.178. The van der Waals surface area contributed by atoms with Gasteiger partial charge in [0.15, 0.2) is 0 Å². The minimum atomic E-state index is -3.52. The maximum atomic E-state index is 13.1. The first-order valence-electron chi connectivity index (χ1n) is 11.6. The van der Waals surface area contributed by atoms with Gasteiger partial charge in [0.25, 0.3) is 0 Å². The number of aromatic nitrogens is 3. The van der Waals surface area contributed by atoms with Crippen LogP contribution in [0.1, 0.15) is 24.7 Å². The molecule has 3 aromatic rings. The normalized spacial score (nSPS) is 15.1. The molecule has 2 heterocycles. The van der Waals surface area contributed by atoms with E-state index < -0.39 is 10.0 Å². The zero-order chi connectivity index (χ0) is 24.8. The Hall–Kier alpha value is -3.28. The van der Waals surface area contributed by atoms with Gasteiger partial charge in [-0.2, -0.15) is 19.3 Å². The SMILES string of the molecule is CCCc1ccc(S(=O)(=O)N2CCN(Cc3nc(N)nc(Nc4ccccc4OC)n3)CC2)cc1. The average Bonchev–Trinajstić information content (AvgIpc) is 2.85. The number of nitrogens with two attached hydrogens (primary N) is 1. The zero-order valence-electron chi connectivity index (χ0n) is 20.0. The Bertz CT molecular complexity index is 1240. The van der Waals surface area contributed by atoms with Crippen LogP contribution in [0.2, 0.25) is 0 Å². The Labute approximate surface area is 206 Å². The minimum Gasteiger partial charge on any atom is -0.495 e. The monoisotopic (exact) mass is 497 g/mol. The zero-order valence-corrected chi connectivity index (χ0v) is 20.8. The van der Waals surface area contributed by atoms with E-state index >= 15 is 0 Å². The van der Waals surface area contributed by atoms with Crippen LogP contribution in [0.15, 0.2) is 53.4 Å². The maximum Gasteiger partial charge on any atom is 0.243 e. The number of hydrogen-bond donors (Lipinski definition) is 2. The minimum absolute atomic E-state index is 0.111. The van der Waals surface area contributed by atoms with Gasteiger partial charge in [0.1, 0.15) is 11.6 Å². The number of benzene rings is 2. The number of nitrogens with zero attached hydrogens (tertiary/aromatic N) is 5. The van der Waals surface area contributed by atoms with Crippen molar-refractivity contribution in [2.45, 2.75) is 31.2 Å². The third-order valence-electron chi connectivity index (χ3n) is 5.85. The topological polar surface area (TPSA) is 127 Å². The van der Waals surface area contributed by atoms with Crippen LogP contribution >= 0.6 is 0 Å². The van der Waals surface area contributed by atoms with E-state index in [2.05, 4.69) is 32.1 Å². The van der Waals surface area contributed by atoms with Crippen molar-refractivity contribution in [3.8, 4) is 5.75 Å². The fraction of sp³-hybridized carbons (Fsp3) is 0.375. The summed E-state index contributed by atoms with van der Waals surface area (Å²) in [6, 6.07) is 14.6. The van der Waals surface area contributed by atoms with E-state index in [1.807, 2.05) is 36.4 Å². The van der Waals surface area contributed by atoms with Gasteiger partial charge in [0.05, 0.1) is 24.2 Å². The van der Waals surface area contributed by atoms with Crippen molar-refractivity contribution in [2.24, 2.45) is 0 Å². The molecule has 1 aromatic heterocycles. The molecule has 0 aliphatic carbocycles. The molecule has 11 heteroatoms. The number of hydrogen-bond acceptors (Lipinski definition) is 9. The van der Waals surface area contributed by atoms with Crippen LogP contribution in [0.5, 0.6) is 5.75 Å². The molecule has 0 amide bonds. The Morgan fingerprint density at radius 2 is 1.71 bits per heavy atom. The molecule has 2 aromatic carbocycles. The Balaban J connectivity index is 1.39. The fourth-order valence-electron chi connectivity index (χ4n) is 4.03. The number of ether oxygens (including phenoxy) is 1. The molecule has 35 heavy (non-hydrogen) atoms. The fourth-order valence-corrected chi connectivity index (χ4v) is 5.45. The highest BCUT2D eigenvalue weighted by Gasteiger charge is 2.28. The lowest BCUT2D eigenvalue weighted by atomic mass is 10.1. The van der Waals surface area contributed by atoms with E-state index in [-0.39, 0.29) is 5.95 Å². The summed E-state index contributed by atoms with van der Waals surface area (Å²) < 4.78 is 33.0. The Kier molecular flexibility index (Phi) is 7.79. The van der Waals surface area contributed by atoms with Gasteiger partial charge >= 0.3 is 0 Å². The van der Waals surface area contributed by atoms with Crippen LogP contribution in [0.3, 0.4) is 0 Å². The van der Waals surface area contributed by atoms with Crippen molar-refractivity contribution < 1.29 is 13.2 Å². The smallest absolute Gasteiger partial charge is 0.243 e. The summed E-state index contributed by atoms with van der Waals surface area (Å²) in [5.74, 6) is 1.60. The van der Waals surface area contributed by atoms with Crippen LogP contribution in [-0.2, 0) is 23.0 Å². The summed E-state index contributed by atoms with van der Waals surface area (Å²) in [6.07, 6.45) is 1.97. The molecule has 1 fully saturated rings. The van der Waals surface area contributed by atoms with E-state index in [0.717, 1.165) is 18.4 Å². The molecule has 0 spiro atoms. The van der Waals surface area contributed by atoms with Gasteiger partial charge in [0.2, 0.25) is 21.9 Å². The molecular weight excluding hydrogens is 466 g/mol. The summed E-state index contributed by atoms with van der Waals surface area (Å²) >= 11 is 0. The van der Waals surface area contributed by atoms with Gasteiger partial charge in [-0.15, -0.1) is 0 Å². The van der Waals surface area contributed by atoms with E-state index in [1.54, 1.807) is 19.2 Å². The van der Waals surface area contributed by atoms with Crippen molar-refractivity contribution in [3.05, 3.63) is 59.9 Å². The van der Waals surface area contributed by atoms with E-state index in [1.165, 1.54) is 4.31 Å². The Morgan fingerprint density at radius 3 is 2.40 bits per heavy atom. The summed E-state index contributed by atoms with van der Waals surface area (Å²) in [7, 11) is -1.93. The molecule has 0 atom stereocenters. The predicted octanol–water partition coefficient (Wildman–Crippen LogP) is 2.67. The summed E-state index contributed by atoms with van der Waals surface area (Å²) in [6.45, 7) is 4.46. The molecule has 4 rings (SSSR count). The number of rotatable bonds is 9. The molecule has 3 N–H and O–H groups in total. The molecule has 10 nitrogen and oxygen atoms in total. The van der Waals surface area contributed by atoms with Crippen LogP contribution in [0.25, 0.3) is 0 Å². The lowest BCUT2D eigenvalue weighted by Gasteiger charge is -2.33. The number of nitrogens with one attached hydrogen (secondary N) is 1. The molecule has 1 saturated heterocycles. The number of anilines is 3. The lowest BCUT2D eigenvalue weighted by Crippen LogP contribution is -2.48. The highest BCUT2D eigenvalue weighted by molar-refractivity contribution is 7.89. The molecule has 0 bridgehead atoms. The second-order valence-corrected chi connectivity index (χ2v) is 10.3. The van der Waals surface area contributed by atoms with Gasteiger partial charge in [-0.3, -0.25) is 4.90 Å². The number of para-hydroxylation sites is 2. The second kappa shape index (κ2) is 11.0. The Morgan fingerprint density at radius 1 is 1.00 bits per heavy atom. The maximum absolute atomic E-state index is 13.1. The van der Waals surface area contributed by atoms with Crippen molar-refractivity contribution >= 4 is 27.6 Å². The average molecular weight is 498 g/mol. The number of sulfonamides is 1. The molecule has 0 radical (unpaired) electrons. The molecular formula is C24H31N7O3S. The van der Waals surface area contributed by atoms with Crippen molar-refractivity contribution in [2.75, 3.05) is 44.3 Å². The number of methoxy groups -OCH3 is 1. The number of nitrogen functional groups attached to an aromatic ring is 1. The van der Waals surface area contributed by atoms with Gasteiger partial charge < -0.3 is 15.8 Å². The molecule has 1 aliphatic rings. The summed E-state index contributed by atoms with van der Waals surface area (Å²) in [4.78, 5) is 15.4. The third-order valence-corrected chi connectivity index (χ3v) is 7.76. The highest BCUT2D eigenvalue weighted by atomic mass is 32.2. The first-order valence-corrected chi connectivity index (χ1v) is 13.0. The van der Waals surface area contributed by atoms with E-state index in [9.17, 15) is 8.42 Å². The standard InChI is InChI=1S/C24H31N7O3S/c1-3-6-18-9-11-19(12-10-18)35(32,33)31-15-13-30(14-16-31)17-22-27-23(25)29-24(28-22)26-20-7-4-5-8-21(20)34-2/h4-5,7-12H,3,6,13-17H2,1-2H3,(H3,25,26,27,28,29). The van der Waals surface area contributed by atoms with Crippen molar-refractivity contribution in [1.82, 2.24) is 24.2 Å². The van der Waals surface area contributed by atoms with Crippen molar-refractivity contribution in [1.29, 1.82) is 0 Å². The van der Waals surface area contributed by atoms with Crippen LogP contribution in [-0.4, -0.2) is 65.9 Å². The van der Waals surface area contributed by atoms with Crippen LogP contribution in [0.4, 0.5) is 17.6 Å².